The van der Waals surface area contributed by atoms with Gasteiger partial charge in [-0.1, -0.05) is 6.08 Å². The van der Waals surface area contributed by atoms with Crippen molar-refractivity contribution in [2.75, 3.05) is 12.4 Å². The minimum Gasteiger partial charge on any atom is -0.269 e. The van der Waals surface area contributed by atoms with Crippen LogP contribution in [-0.2, 0) is 14.3 Å². The predicted molar refractivity (Wildman–Crippen MR) is 33.4 cm³/mol. The van der Waals surface area contributed by atoms with Crippen LogP contribution in [0.25, 0.3) is 0 Å². The second kappa shape index (κ2) is 2.11. The van der Waals surface area contributed by atoms with Crippen molar-refractivity contribution in [2.24, 2.45) is 5.92 Å². The predicted octanol–water partition coefficient (Wildman–Crippen LogP) is 0.149. The van der Waals surface area contributed by atoms with Crippen LogP contribution in [0.15, 0.2) is 12.7 Å². The highest BCUT2D eigenvalue weighted by atomic mass is 32.2. The van der Waals surface area contributed by atoms with Gasteiger partial charge in [-0.05, 0) is 0 Å². The van der Waals surface area contributed by atoms with Crippen molar-refractivity contribution < 1.29 is 12.6 Å². The maximum absolute atomic E-state index is 10.5. The highest BCUT2D eigenvalue weighted by Gasteiger charge is 2.26. The van der Waals surface area contributed by atoms with Crippen LogP contribution in [0.3, 0.4) is 0 Å². The van der Waals surface area contributed by atoms with E-state index in [1.807, 2.05) is 0 Å². The average molecular weight is 148 g/mol. The Morgan fingerprint density at radius 3 is 2.56 bits per heavy atom. The van der Waals surface area contributed by atoms with Crippen LogP contribution in [0.5, 0.6) is 0 Å². The molecule has 3 nitrogen and oxygen atoms in total. The Morgan fingerprint density at radius 1 is 1.67 bits per heavy atom. The van der Waals surface area contributed by atoms with Crippen molar-refractivity contribution in [1.29, 1.82) is 0 Å². The molecule has 1 atom stereocenters. The van der Waals surface area contributed by atoms with E-state index in [1.165, 1.54) is 0 Å². The molecule has 1 unspecified atom stereocenters. The van der Waals surface area contributed by atoms with Gasteiger partial charge in [-0.3, -0.25) is 4.18 Å². The summed E-state index contributed by atoms with van der Waals surface area (Å²) >= 11 is 0. The summed E-state index contributed by atoms with van der Waals surface area (Å²) in [4.78, 5) is 0. The highest BCUT2D eigenvalue weighted by molar-refractivity contribution is 7.86. The van der Waals surface area contributed by atoms with E-state index in [-0.39, 0.29) is 18.3 Å². The zero-order valence-electron chi connectivity index (χ0n) is 4.91. The molecule has 4 heteroatoms. The van der Waals surface area contributed by atoms with Gasteiger partial charge in [0.1, 0.15) is 0 Å². The molecule has 9 heavy (non-hydrogen) atoms. The molecule has 1 aliphatic heterocycles. The molecule has 0 N–H and O–H groups in total. The van der Waals surface area contributed by atoms with Gasteiger partial charge in [0.05, 0.1) is 12.4 Å². The SMILES string of the molecule is C=CC1COS(=O)(=O)C1. The molecule has 0 saturated carbocycles. The largest absolute Gasteiger partial charge is 0.269 e. The van der Waals surface area contributed by atoms with E-state index in [4.69, 9.17) is 0 Å². The molecule has 0 spiro atoms. The average Bonchev–Trinajstić information content (AvgIpc) is 2.10. The maximum Gasteiger partial charge on any atom is 0.268 e. The minimum atomic E-state index is -3.18. The van der Waals surface area contributed by atoms with E-state index < -0.39 is 10.1 Å². The molecule has 1 saturated heterocycles. The molecule has 0 aromatic rings. The molecule has 0 aliphatic carbocycles. The lowest BCUT2D eigenvalue weighted by molar-refractivity contribution is 0.333. The summed E-state index contributed by atoms with van der Waals surface area (Å²) in [6, 6.07) is 0. The van der Waals surface area contributed by atoms with Gasteiger partial charge < -0.3 is 0 Å². The van der Waals surface area contributed by atoms with Crippen molar-refractivity contribution in [3.8, 4) is 0 Å². The first kappa shape index (κ1) is 6.77. The fourth-order valence-corrected chi connectivity index (χ4v) is 1.92. The van der Waals surface area contributed by atoms with Crippen LogP contribution in [0.4, 0.5) is 0 Å². The first-order chi connectivity index (χ1) is 4.14. The van der Waals surface area contributed by atoms with E-state index in [0.29, 0.717) is 0 Å². The van der Waals surface area contributed by atoms with Crippen molar-refractivity contribution in [1.82, 2.24) is 0 Å². The molecule has 1 fully saturated rings. The Morgan fingerprint density at radius 2 is 2.33 bits per heavy atom. The zero-order valence-corrected chi connectivity index (χ0v) is 5.73. The molecule has 1 aliphatic rings. The van der Waals surface area contributed by atoms with Gasteiger partial charge in [-0.2, -0.15) is 8.42 Å². The van der Waals surface area contributed by atoms with E-state index in [2.05, 4.69) is 10.8 Å². The first-order valence-electron chi connectivity index (χ1n) is 2.64. The third kappa shape index (κ3) is 1.53. The summed E-state index contributed by atoms with van der Waals surface area (Å²) in [6.45, 7) is 3.73. The molecule has 0 radical (unpaired) electrons. The van der Waals surface area contributed by atoms with E-state index in [1.54, 1.807) is 6.08 Å². The van der Waals surface area contributed by atoms with E-state index in [9.17, 15) is 8.42 Å². The summed E-state index contributed by atoms with van der Waals surface area (Å²) in [7, 11) is -3.18. The summed E-state index contributed by atoms with van der Waals surface area (Å²) < 4.78 is 25.5. The van der Waals surface area contributed by atoms with Gasteiger partial charge >= 0.3 is 0 Å². The van der Waals surface area contributed by atoms with Gasteiger partial charge in [-0.25, -0.2) is 0 Å². The van der Waals surface area contributed by atoms with Crippen LogP contribution >= 0.6 is 0 Å². The van der Waals surface area contributed by atoms with Crippen molar-refractivity contribution in [2.45, 2.75) is 0 Å². The third-order valence-electron chi connectivity index (χ3n) is 1.21. The lowest BCUT2D eigenvalue weighted by Crippen LogP contribution is -2.01. The second-order valence-corrected chi connectivity index (χ2v) is 3.69. The quantitative estimate of drug-likeness (QED) is 0.392. The third-order valence-corrected chi connectivity index (χ3v) is 2.54. The Kier molecular flexibility index (Phi) is 1.59. The lowest BCUT2D eigenvalue weighted by atomic mass is 10.2. The molecular formula is C5H8O3S. The number of hydrogen-bond acceptors (Lipinski definition) is 3. The van der Waals surface area contributed by atoms with Crippen LogP contribution in [-0.4, -0.2) is 20.8 Å². The van der Waals surface area contributed by atoms with Crippen LogP contribution < -0.4 is 0 Å². The monoisotopic (exact) mass is 148 g/mol. The van der Waals surface area contributed by atoms with Crippen LogP contribution in [0.1, 0.15) is 0 Å². The van der Waals surface area contributed by atoms with Gasteiger partial charge in [-0.15, -0.1) is 6.58 Å². The Labute approximate surface area is 54.5 Å². The van der Waals surface area contributed by atoms with Gasteiger partial charge in [0, 0.05) is 5.92 Å². The highest BCUT2D eigenvalue weighted by Crippen LogP contribution is 2.14. The van der Waals surface area contributed by atoms with Crippen molar-refractivity contribution in [3.63, 3.8) is 0 Å². The number of hydrogen-bond donors (Lipinski definition) is 0. The summed E-state index contributed by atoms with van der Waals surface area (Å²) in [5.41, 5.74) is 0. The Hall–Kier alpha value is -0.350. The van der Waals surface area contributed by atoms with Gasteiger partial charge in [0.25, 0.3) is 10.1 Å². The molecule has 0 aromatic carbocycles. The Bertz CT molecular complexity index is 204. The molecule has 0 bridgehead atoms. The fourth-order valence-electron chi connectivity index (χ4n) is 0.686. The molecule has 1 heterocycles. The summed E-state index contributed by atoms with van der Waals surface area (Å²) in [6.07, 6.45) is 1.60. The van der Waals surface area contributed by atoms with Crippen molar-refractivity contribution in [3.05, 3.63) is 12.7 Å². The van der Waals surface area contributed by atoms with Gasteiger partial charge in [0.15, 0.2) is 0 Å². The topological polar surface area (TPSA) is 43.4 Å². The standard InChI is InChI=1S/C5H8O3S/c1-2-5-3-8-9(6,7)4-5/h2,5H,1,3-4H2. The smallest absolute Gasteiger partial charge is 0.268 e. The number of rotatable bonds is 1. The summed E-state index contributed by atoms with van der Waals surface area (Å²) in [5.74, 6) is 0.0891. The van der Waals surface area contributed by atoms with Crippen LogP contribution in [0.2, 0.25) is 0 Å². The lowest BCUT2D eigenvalue weighted by Gasteiger charge is -1.89. The van der Waals surface area contributed by atoms with E-state index in [0.717, 1.165) is 0 Å². The fraction of sp³-hybridized carbons (Fsp3) is 0.600. The maximum atomic E-state index is 10.5. The van der Waals surface area contributed by atoms with Gasteiger partial charge in [0.2, 0.25) is 0 Å². The molecule has 52 valence electrons. The molecule has 0 aromatic heterocycles. The normalized spacial score (nSPS) is 32.2. The molecule has 0 amide bonds. The minimum absolute atomic E-state index is 0.00463. The Balaban J connectivity index is 2.68. The molecule has 1 rings (SSSR count). The first-order valence-corrected chi connectivity index (χ1v) is 4.21. The zero-order chi connectivity index (χ0) is 6.91. The van der Waals surface area contributed by atoms with Crippen LogP contribution in [0, 0.1) is 5.92 Å². The van der Waals surface area contributed by atoms with Crippen molar-refractivity contribution >= 4 is 10.1 Å². The molecular weight excluding hydrogens is 140 g/mol. The van der Waals surface area contributed by atoms with E-state index >= 15 is 0 Å². The summed E-state index contributed by atoms with van der Waals surface area (Å²) in [5, 5.41) is 0. The second-order valence-electron chi connectivity index (χ2n) is 2.00.